The fraction of sp³-hybridized carbons (Fsp3) is 0.706. The molecule has 2 saturated carbocycles. The number of aliphatic carboxylic acids is 2. The summed E-state index contributed by atoms with van der Waals surface area (Å²) in [6.07, 6.45) is 17.8. The number of anilines is 2. The summed E-state index contributed by atoms with van der Waals surface area (Å²) in [6, 6.07) is 10.6. The highest BCUT2D eigenvalue weighted by Gasteiger charge is 2.48. The van der Waals surface area contributed by atoms with E-state index in [1.807, 2.05) is 15.9 Å². The Morgan fingerprint density at radius 2 is 1.38 bits per heavy atom. The van der Waals surface area contributed by atoms with Crippen LogP contribution in [0.3, 0.4) is 0 Å². The van der Waals surface area contributed by atoms with Gasteiger partial charge in [0.15, 0.2) is 0 Å². The lowest BCUT2D eigenvalue weighted by molar-refractivity contribution is -0.138. The van der Waals surface area contributed by atoms with Crippen LogP contribution < -0.4 is 9.80 Å². The SMILES string of the molecule is O=C(O)CN1CCCC(=C2N(CC(=O)O)c3ccccc3N2C2C[C@H]3CCC[C@@H](C2)N3C2C[C@H]3CCCC[C@@H](C2)C3)C1. The van der Waals surface area contributed by atoms with Crippen LogP contribution >= 0.6 is 0 Å². The van der Waals surface area contributed by atoms with E-state index in [1.165, 1.54) is 69.8 Å². The molecule has 4 aliphatic heterocycles. The lowest BCUT2D eigenvalue weighted by atomic mass is 9.73. The molecule has 0 spiro atoms. The van der Waals surface area contributed by atoms with Crippen molar-refractivity contribution in [2.24, 2.45) is 11.8 Å². The third-order valence-corrected chi connectivity index (χ3v) is 11.4. The number of benzene rings is 1. The lowest BCUT2D eigenvalue weighted by Crippen LogP contribution is -2.61. The predicted octanol–water partition coefficient (Wildman–Crippen LogP) is 5.53. The number of carbonyl (C=O) groups is 2. The molecule has 8 heteroatoms. The molecule has 0 radical (unpaired) electrons. The van der Waals surface area contributed by atoms with Gasteiger partial charge in [-0.3, -0.25) is 19.4 Å². The van der Waals surface area contributed by atoms with Gasteiger partial charge in [-0.25, -0.2) is 0 Å². The van der Waals surface area contributed by atoms with Crippen molar-refractivity contribution in [3.8, 4) is 0 Å². The molecule has 0 aromatic heterocycles. The number of hydrogen-bond donors (Lipinski definition) is 2. The average Bonchev–Trinajstić information content (AvgIpc) is 3.17. The van der Waals surface area contributed by atoms with Gasteiger partial charge in [0, 0.05) is 30.7 Å². The topological polar surface area (TPSA) is 87.6 Å². The molecule has 228 valence electrons. The van der Waals surface area contributed by atoms with Gasteiger partial charge in [0.25, 0.3) is 0 Å². The number of hydrogen-bond acceptors (Lipinski definition) is 6. The summed E-state index contributed by atoms with van der Waals surface area (Å²) < 4.78 is 0. The summed E-state index contributed by atoms with van der Waals surface area (Å²) in [4.78, 5) is 33.3. The molecule has 0 amide bonds. The van der Waals surface area contributed by atoms with E-state index in [1.54, 1.807) is 0 Å². The van der Waals surface area contributed by atoms with E-state index in [-0.39, 0.29) is 13.1 Å². The first-order valence-electron chi connectivity index (χ1n) is 16.8. The van der Waals surface area contributed by atoms with Crippen molar-refractivity contribution in [2.45, 2.75) is 114 Å². The molecule has 3 saturated heterocycles. The normalized spacial score (nSPS) is 35.5. The number of carboxylic acid groups (broad SMARTS) is 2. The van der Waals surface area contributed by atoms with Crippen LogP contribution in [0.25, 0.3) is 0 Å². The third kappa shape index (κ3) is 5.45. The van der Waals surface area contributed by atoms with E-state index < -0.39 is 11.9 Å². The van der Waals surface area contributed by atoms with Gasteiger partial charge in [0.1, 0.15) is 12.4 Å². The highest BCUT2D eigenvalue weighted by atomic mass is 16.4. The van der Waals surface area contributed by atoms with E-state index in [4.69, 9.17) is 0 Å². The number of piperidine rings is 3. The molecule has 6 aliphatic rings. The average molecular weight is 577 g/mol. The summed E-state index contributed by atoms with van der Waals surface area (Å²) in [6.45, 7) is 1.29. The zero-order chi connectivity index (χ0) is 28.8. The summed E-state index contributed by atoms with van der Waals surface area (Å²) in [5, 5.41) is 19.5. The second-order valence-corrected chi connectivity index (χ2v) is 14.2. The number of fused-ring (bicyclic) bond motifs is 5. The Morgan fingerprint density at radius 3 is 2.05 bits per heavy atom. The van der Waals surface area contributed by atoms with E-state index in [2.05, 4.69) is 28.0 Å². The molecule has 6 atom stereocenters. The molecule has 4 heterocycles. The first-order valence-corrected chi connectivity index (χ1v) is 16.8. The van der Waals surface area contributed by atoms with Gasteiger partial charge in [-0.2, -0.15) is 0 Å². The van der Waals surface area contributed by atoms with Crippen LogP contribution in [0.2, 0.25) is 0 Å². The molecule has 5 fully saturated rings. The van der Waals surface area contributed by atoms with E-state index >= 15 is 0 Å². The van der Waals surface area contributed by atoms with Crippen LogP contribution in [0, 0.1) is 11.8 Å². The van der Waals surface area contributed by atoms with Gasteiger partial charge >= 0.3 is 11.9 Å². The maximum Gasteiger partial charge on any atom is 0.323 e. The molecule has 4 bridgehead atoms. The Hall–Kier alpha value is -2.58. The van der Waals surface area contributed by atoms with Crippen molar-refractivity contribution >= 4 is 23.3 Å². The van der Waals surface area contributed by atoms with Gasteiger partial charge in [-0.15, -0.1) is 0 Å². The summed E-state index contributed by atoms with van der Waals surface area (Å²) >= 11 is 0. The molecule has 8 nitrogen and oxygen atoms in total. The fourth-order valence-corrected chi connectivity index (χ4v) is 10.0. The number of rotatable bonds is 6. The van der Waals surface area contributed by atoms with E-state index in [0.717, 1.165) is 67.3 Å². The van der Waals surface area contributed by atoms with Crippen molar-refractivity contribution < 1.29 is 19.8 Å². The molecule has 1 aromatic rings. The molecule has 42 heavy (non-hydrogen) atoms. The van der Waals surface area contributed by atoms with Gasteiger partial charge in [-0.1, -0.05) is 44.2 Å². The van der Waals surface area contributed by atoms with E-state index in [0.29, 0.717) is 24.7 Å². The minimum absolute atomic E-state index is 0.0224. The Balaban J connectivity index is 1.21. The Morgan fingerprint density at radius 1 is 0.714 bits per heavy atom. The molecular weight excluding hydrogens is 528 g/mol. The molecular formula is C34H48N4O4. The zero-order valence-corrected chi connectivity index (χ0v) is 25.0. The van der Waals surface area contributed by atoms with Crippen molar-refractivity contribution in [2.75, 3.05) is 36.0 Å². The maximum absolute atomic E-state index is 12.2. The van der Waals surface area contributed by atoms with E-state index in [9.17, 15) is 19.8 Å². The van der Waals surface area contributed by atoms with Gasteiger partial charge < -0.3 is 20.0 Å². The summed E-state index contributed by atoms with van der Waals surface area (Å²) in [5.41, 5.74) is 3.28. The Bertz CT molecular complexity index is 1190. The summed E-state index contributed by atoms with van der Waals surface area (Å²) in [7, 11) is 0. The smallest absolute Gasteiger partial charge is 0.323 e. The highest BCUT2D eigenvalue weighted by Crippen LogP contribution is 2.50. The number of nitrogens with zero attached hydrogens (tertiary/aromatic N) is 4. The second kappa shape index (κ2) is 11.8. The minimum atomic E-state index is -0.839. The summed E-state index contributed by atoms with van der Waals surface area (Å²) in [5.74, 6) is 1.21. The predicted molar refractivity (Wildman–Crippen MR) is 164 cm³/mol. The zero-order valence-electron chi connectivity index (χ0n) is 25.0. The lowest BCUT2D eigenvalue weighted by Gasteiger charge is -2.56. The molecule has 7 rings (SSSR count). The Labute approximate surface area is 250 Å². The van der Waals surface area contributed by atoms with Crippen molar-refractivity contribution in [1.29, 1.82) is 0 Å². The molecule has 2 aliphatic carbocycles. The van der Waals surface area contributed by atoms with Crippen molar-refractivity contribution in [3.63, 3.8) is 0 Å². The standard InChI is InChI=1S/C34H48N4O4/c39-32(40)21-35-14-6-9-25(20-35)34-36(22-33(41)42)30-12-3-4-13-31(30)38(34)29-18-26-10-5-11-27(19-29)37(26)28-16-23-7-1-2-8-24(15-23)17-28/h3-4,12-13,23-24,26-29H,1-2,5-11,14-22H2,(H,39,40)(H,41,42)/t23-,24+,26-,27+,28?,29?. The number of likely N-dealkylation sites (tertiary alicyclic amines) is 1. The van der Waals surface area contributed by atoms with Crippen molar-refractivity contribution in [3.05, 3.63) is 35.7 Å². The molecule has 2 N–H and O–H groups in total. The second-order valence-electron chi connectivity index (χ2n) is 14.2. The molecule has 2 unspecified atom stereocenters. The maximum atomic E-state index is 12.2. The van der Waals surface area contributed by atoms with Gasteiger partial charge in [0.05, 0.1) is 17.9 Å². The van der Waals surface area contributed by atoms with Crippen LogP contribution in [-0.2, 0) is 9.59 Å². The van der Waals surface area contributed by atoms with Crippen LogP contribution in [0.15, 0.2) is 35.7 Å². The van der Waals surface area contributed by atoms with Gasteiger partial charge in [-0.05, 0) is 93.9 Å². The molecule has 1 aromatic carbocycles. The van der Waals surface area contributed by atoms with Crippen molar-refractivity contribution in [1.82, 2.24) is 9.80 Å². The Kier molecular flexibility index (Phi) is 7.95. The fourth-order valence-electron chi connectivity index (χ4n) is 10.0. The first kappa shape index (κ1) is 28.2. The largest absolute Gasteiger partial charge is 0.480 e. The van der Waals surface area contributed by atoms with Crippen LogP contribution in [-0.4, -0.2) is 82.3 Å². The third-order valence-electron chi connectivity index (χ3n) is 11.4. The first-order chi connectivity index (χ1) is 20.4. The minimum Gasteiger partial charge on any atom is -0.480 e. The van der Waals surface area contributed by atoms with Gasteiger partial charge in [0.2, 0.25) is 0 Å². The number of carboxylic acids is 2. The highest BCUT2D eigenvalue weighted by molar-refractivity contribution is 5.88. The quantitative estimate of drug-likeness (QED) is 0.457. The van der Waals surface area contributed by atoms with Crippen LogP contribution in [0.4, 0.5) is 11.4 Å². The van der Waals surface area contributed by atoms with Crippen LogP contribution in [0.1, 0.15) is 89.9 Å². The van der Waals surface area contributed by atoms with Crippen LogP contribution in [0.5, 0.6) is 0 Å². The number of para-hydroxylation sites is 2. The monoisotopic (exact) mass is 576 g/mol.